The van der Waals surface area contributed by atoms with E-state index in [-0.39, 0.29) is 41.8 Å². The third kappa shape index (κ3) is 7.13. The molecule has 0 saturated heterocycles. The number of carbonyl (C=O) groups is 1. The lowest BCUT2D eigenvalue weighted by Crippen LogP contribution is -2.36. The van der Waals surface area contributed by atoms with E-state index >= 15 is 0 Å². The fraction of sp³-hybridized carbons (Fsp3) is 0.364. The van der Waals surface area contributed by atoms with Gasteiger partial charge < -0.3 is 4.90 Å². The van der Waals surface area contributed by atoms with Crippen molar-refractivity contribution in [2.75, 3.05) is 44.1 Å². The molecule has 0 aliphatic rings. The van der Waals surface area contributed by atoms with Gasteiger partial charge in [0, 0.05) is 24.4 Å². The smallest absolute Gasteiger partial charge is 0.228 e. The second-order valence-corrected chi connectivity index (χ2v) is 11.5. The lowest BCUT2D eigenvalue weighted by atomic mass is 10.3. The normalized spacial score (nSPS) is 11.5. The Hall–Kier alpha value is -1.72. The monoisotopic (exact) mass is 531 g/mol. The van der Waals surface area contributed by atoms with Crippen molar-refractivity contribution >= 4 is 66.6 Å². The van der Waals surface area contributed by atoms with Crippen LogP contribution in [0.3, 0.4) is 0 Å². The Morgan fingerprint density at radius 2 is 1.82 bits per heavy atom. The Morgan fingerprint density at radius 1 is 1.12 bits per heavy atom. The molecule has 6 nitrogen and oxygen atoms in total. The van der Waals surface area contributed by atoms with Crippen molar-refractivity contribution < 1.29 is 17.6 Å². The van der Waals surface area contributed by atoms with Crippen LogP contribution in [-0.4, -0.2) is 63.4 Å². The molecular formula is C22H27ClFN3O3S3. The van der Waals surface area contributed by atoms with E-state index < -0.39 is 15.7 Å². The number of hydrogen-bond donors (Lipinski definition) is 0. The van der Waals surface area contributed by atoms with Gasteiger partial charge in [0.15, 0.2) is 15.0 Å². The maximum Gasteiger partial charge on any atom is 0.228 e. The lowest BCUT2D eigenvalue weighted by Gasteiger charge is -2.22. The molecule has 0 bridgehead atoms. The Labute approximate surface area is 208 Å². The van der Waals surface area contributed by atoms with Crippen molar-refractivity contribution in [3.05, 3.63) is 48.3 Å². The van der Waals surface area contributed by atoms with Crippen molar-refractivity contribution in [1.29, 1.82) is 0 Å². The fourth-order valence-electron chi connectivity index (χ4n) is 3.13. The van der Waals surface area contributed by atoms with Crippen LogP contribution in [0.1, 0.15) is 12.8 Å². The van der Waals surface area contributed by atoms with E-state index in [1.54, 1.807) is 16.7 Å². The van der Waals surface area contributed by atoms with Gasteiger partial charge in [-0.25, -0.2) is 17.8 Å². The number of para-hydroxylation sites is 1. The maximum absolute atomic E-state index is 13.1. The maximum atomic E-state index is 13.1. The molecule has 1 amide bonds. The van der Waals surface area contributed by atoms with Crippen LogP contribution in [-0.2, 0) is 14.6 Å². The highest BCUT2D eigenvalue weighted by atomic mass is 35.5. The van der Waals surface area contributed by atoms with Crippen molar-refractivity contribution in [2.24, 2.45) is 0 Å². The molecule has 2 aromatic carbocycles. The Balaban J connectivity index is 0.00000385. The summed E-state index contributed by atoms with van der Waals surface area (Å²) in [7, 11) is 0.286. The van der Waals surface area contributed by atoms with Crippen molar-refractivity contribution in [3.63, 3.8) is 0 Å². The zero-order valence-electron chi connectivity index (χ0n) is 18.7. The molecule has 0 atom stereocenters. The first-order valence-electron chi connectivity index (χ1n) is 10.1. The summed E-state index contributed by atoms with van der Waals surface area (Å²) in [6.45, 7) is 1.12. The van der Waals surface area contributed by atoms with E-state index in [1.165, 1.54) is 23.5 Å². The third-order valence-corrected chi connectivity index (χ3v) is 8.50. The second-order valence-electron chi connectivity index (χ2n) is 7.53. The molecule has 1 aromatic heterocycles. The summed E-state index contributed by atoms with van der Waals surface area (Å²) >= 11 is 3.07. The van der Waals surface area contributed by atoms with E-state index in [4.69, 9.17) is 4.98 Å². The molecule has 3 rings (SSSR count). The van der Waals surface area contributed by atoms with Crippen LogP contribution >= 0.6 is 35.5 Å². The zero-order valence-corrected chi connectivity index (χ0v) is 21.9. The topological polar surface area (TPSA) is 70.6 Å². The minimum absolute atomic E-state index is 0. The minimum atomic E-state index is -3.58. The van der Waals surface area contributed by atoms with Gasteiger partial charge in [0.2, 0.25) is 5.91 Å². The molecule has 33 heavy (non-hydrogen) atoms. The van der Waals surface area contributed by atoms with Gasteiger partial charge in [-0.2, -0.15) is 0 Å². The number of halogens is 2. The average Bonchev–Trinajstić information content (AvgIpc) is 3.17. The van der Waals surface area contributed by atoms with Gasteiger partial charge in [-0.3, -0.25) is 9.69 Å². The molecule has 11 heteroatoms. The van der Waals surface area contributed by atoms with Crippen LogP contribution in [0.15, 0.2) is 52.3 Å². The van der Waals surface area contributed by atoms with E-state index in [0.717, 1.165) is 27.2 Å². The number of anilines is 1. The van der Waals surface area contributed by atoms with E-state index in [1.807, 2.05) is 43.5 Å². The summed E-state index contributed by atoms with van der Waals surface area (Å²) in [5, 5.41) is 0.620. The van der Waals surface area contributed by atoms with E-state index in [2.05, 4.69) is 0 Å². The predicted molar refractivity (Wildman–Crippen MR) is 137 cm³/mol. The number of aromatic nitrogens is 1. The van der Waals surface area contributed by atoms with Gasteiger partial charge in [-0.15, -0.1) is 24.2 Å². The number of thiazole rings is 1. The average molecular weight is 532 g/mol. The first-order valence-corrected chi connectivity index (χ1v) is 13.8. The Morgan fingerprint density at radius 3 is 2.45 bits per heavy atom. The number of likely N-dealkylation sites (N-methyl/N-ethyl adjacent to an activating group) is 1. The number of fused-ring (bicyclic) bond motifs is 1. The zero-order chi connectivity index (χ0) is 23.3. The minimum Gasteiger partial charge on any atom is -0.308 e. The molecule has 3 aromatic rings. The van der Waals surface area contributed by atoms with Gasteiger partial charge in [-0.05, 0) is 63.2 Å². The molecule has 180 valence electrons. The predicted octanol–water partition coefficient (Wildman–Crippen LogP) is 4.73. The van der Waals surface area contributed by atoms with Crippen molar-refractivity contribution in [3.8, 4) is 0 Å². The highest BCUT2D eigenvalue weighted by Crippen LogP contribution is 2.34. The number of sulfone groups is 1. The molecule has 0 unspecified atom stereocenters. The Bertz CT molecular complexity index is 1180. The number of carbonyl (C=O) groups excluding carboxylic acids is 1. The number of thioether (sulfide) groups is 1. The molecule has 1 heterocycles. The highest BCUT2D eigenvalue weighted by molar-refractivity contribution is 7.98. The quantitative estimate of drug-likeness (QED) is 0.278. The fourth-order valence-corrected chi connectivity index (χ4v) is 6.10. The Kier molecular flexibility index (Phi) is 10.1. The highest BCUT2D eigenvalue weighted by Gasteiger charge is 2.22. The molecular weight excluding hydrogens is 505 g/mol. The van der Waals surface area contributed by atoms with Crippen LogP contribution in [0.5, 0.6) is 0 Å². The summed E-state index contributed by atoms with van der Waals surface area (Å²) in [5.41, 5.74) is 0.876. The summed E-state index contributed by atoms with van der Waals surface area (Å²) in [6, 6.07) is 10.7. The summed E-state index contributed by atoms with van der Waals surface area (Å²) in [4.78, 5) is 22.6. The summed E-state index contributed by atoms with van der Waals surface area (Å²) < 4.78 is 39.1. The summed E-state index contributed by atoms with van der Waals surface area (Å²) in [5.74, 6) is -0.829. The van der Waals surface area contributed by atoms with Crippen LogP contribution in [0.4, 0.5) is 9.52 Å². The number of benzene rings is 2. The van der Waals surface area contributed by atoms with Gasteiger partial charge in [0.05, 0.1) is 20.9 Å². The standard InChI is InChI=1S/C22H26FN3O3S3.ClH/c1-25(2)13-14-26(22-24-21-18(30-3)6-4-7-19(21)31-22)20(27)8-5-15-32(28,29)17-11-9-16(23)10-12-17;/h4,6-7,9-12H,5,8,13-15H2,1-3H3;1H. The molecule has 0 fully saturated rings. The largest absolute Gasteiger partial charge is 0.308 e. The van der Waals surface area contributed by atoms with Gasteiger partial charge >= 0.3 is 0 Å². The first-order chi connectivity index (χ1) is 15.2. The van der Waals surface area contributed by atoms with E-state index in [0.29, 0.717) is 18.2 Å². The second kappa shape index (κ2) is 12.1. The lowest BCUT2D eigenvalue weighted by molar-refractivity contribution is -0.118. The van der Waals surface area contributed by atoms with Crippen LogP contribution in [0, 0.1) is 5.82 Å². The van der Waals surface area contributed by atoms with Gasteiger partial charge in [0.25, 0.3) is 0 Å². The number of rotatable bonds is 10. The number of nitrogens with zero attached hydrogens (tertiary/aromatic N) is 3. The molecule has 0 N–H and O–H groups in total. The molecule has 0 spiro atoms. The first kappa shape index (κ1) is 27.5. The van der Waals surface area contributed by atoms with Crippen LogP contribution in [0.2, 0.25) is 0 Å². The van der Waals surface area contributed by atoms with Crippen LogP contribution < -0.4 is 4.90 Å². The number of amides is 1. The molecule has 0 aliphatic heterocycles. The van der Waals surface area contributed by atoms with Gasteiger partial charge in [-0.1, -0.05) is 17.4 Å². The molecule has 0 saturated carbocycles. The number of hydrogen-bond acceptors (Lipinski definition) is 7. The van der Waals surface area contributed by atoms with Gasteiger partial charge in [0.1, 0.15) is 5.82 Å². The SMILES string of the molecule is CSc1cccc2sc(N(CCN(C)C)C(=O)CCCS(=O)(=O)c3ccc(F)cc3)nc12.Cl. The molecule has 0 aliphatic carbocycles. The van der Waals surface area contributed by atoms with Crippen molar-refractivity contribution in [1.82, 2.24) is 9.88 Å². The van der Waals surface area contributed by atoms with Crippen molar-refractivity contribution in [2.45, 2.75) is 22.6 Å². The third-order valence-electron chi connectivity index (χ3n) is 4.87. The van der Waals surface area contributed by atoms with E-state index in [9.17, 15) is 17.6 Å². The molecule has 0 radical (unpaired) electrons. The summed E-state index contributed by atoms with van der Waals surface area (Å²) in [6.07, 6.45) is 2.25. The van der Waals surface area contributed by atoms with Crippen LogP contribution in [0.25, 0.3) is 10.2 Å².